The van der Waals surface area contributed by atoms with Crippen LogP contribution in [0, 0.1) is 5.92 Å². The number of rotatable bonds is 3. The van der Waals surface area contributed by atoms with Crippen molar-refractivity contribution >= 4 is 28.6 Å². The van der Waals surface area contributed by atoms with Crippen LogP contribution in [0.15, 0.2) is 18.2 Å². The lowest BCUT2D eigenvalue weighted by atomic mass is 10.1. The Morgan fingerprint density at radius 2 is 2.25 bits per heavy atom. The van der Waals surface area contributed by atoms with Crippen molar-refractivity contribution < 1.29 is 0 Å². The average molecular weight is 238 g/mol. The normalized spacial score (nSPS) is 13.2. The summed E-state index contributed by atoms with van der Waals surface area (Å²) in [6, 6.07) is 5.70. The first-order chi connectivity index (χ1) is 7.63. The first-order valence-corrected chi connectivity index (χ1v) is 5.91. The molecule has 0 aliphatic carbocycles. The highest BCUT2D eigenvalue weighted by Gasteiger charge is 2.12. The quantitative estimate of drug-likeness (QED) is 0.890. The van der Waals surface area contributed by atoms with Gasteiger partial charge in [-0.1, -0.05) is 37.9 Å². The molecule has 3 nitrogen and oxygen atoms in total. The highest BCUT2D eigenvalue weighted by Crippen LogP contribution is 2.26. The Hall–Kier alpha value is -1.22. The van der Waals surface area contributed by atoms with Crippen LogP contribution in [0.4, 0.5) is 5.95 Å². The minimum Gasteiger partial charge on any atom is -0.369 e. The van der Waals surface area contributed by atoms with Crippen molar-refractivity contribution in [2.75, 3.05) is 5.73 Å². The van der Waals surface area contributed by atoms with E-state index in [1.807, 2.05) is 22.8 Å². The lowest BCUT2D eigenvalue weighted by Gasteiger charge is -2.12. The molecule has 0 radical (unpaired) electrons. The first kappa shape index (κ1) is 11.3. The Bertz CT molecular complexity index is 504. The maximum absolute atomic E-state index is 6.19. The van der Waals surface area contributed by atoms with E-state index in [9.17, 15) is 0 Å². The van der Waals surface area contributed by atoms with Crippen molar-refractivity contribution in [3.63, 3.8) is 0 Å². The molecular weight excluding hydrogens is 222 g/mol. The van der Waals surface area contributed by atoms with Crippen molar-refractivity contribution in [2.24, 2.45) is 5.92 Å². The van der Waals surface area contributed by atoms with Gasteiger partial charge in [-0.05, 0) is 18.1 Å². The fourth-order valence-corrected chi connectivity index (χ4v) is 2.06. The number of fused-ring (bicyclic) bond motifs is 1. The highest BCUT2D eigenvalue weighted by molar-refractivity contribution is 6.35. The highest BCUT2D eigenvalue weighted by atomic mass is 35.5. The first-order valence-electron chi connectivity index (χ1n) is 5.53. The molecule has 2 N–H and O–H groups in total. The molecule has 16 heavy (non-hydrogen) atoms. The minimum atomic E-state index is 0.545. The van der Waals surface area contributed by atoms with Crippen LogP contribution in [0.1, 0.15) is 20.3 Å². The number of hydrogen-bond acceptors (Lipinski definition) is 2. The van der Waals surface area contributed by atoms with Crippen LogP contribution in [0.5, 0.6) is 0 Å². The van der Waals surface area contributed by atoms with Crippen molar-refractivity contribution in [3.05, 3.63) is 23.2 Å². The van der Waals surface area contributed by atoms with Gasteiger partial charge in [-0.15, -0.1) is 0 Å². The molecular formula is C12H16ClN3. The molecule has 1 aromatic heterocycles. The second-order valence-corrected chi connectivity index (χ2v) is 4.61. The number of nitrogen functional groups attached to an aromatic ring is 1. The molecule has 0 saturated carbocycles. The summed E-state index contributed by atoms with van der Waals surface area (Å²) in [5.41, 5.74) is 7.73. The Balaban J connectivity index is 2.54. The molecule has 2 rings (SSSR count). The monoisotopic (exact) mass is 237 g/mol. The summed E-state index contributed by atoms with van der Waals surface area (Å²) in [6.45, 7) is 5.23. The van der Waals surface area contributed by atoms with Crippen LogP contribution in [0.3, 0.4) is 0 Å². The number of benzene rings is 1. The van der Waals surface area contributed by atoms with E-state index in [0.717, 1.165) is 24.0 Å². The van der Waals surface area contributed by atoms with Crippen LogP contribution in [-0.4, -0.2) is 9.55 Å². The summed E-state index contributed by atoms with van der Waals surface area (Å²) >= 11 is 6.19. The van der Waals surface area contributed by atoms with E-state index in [4.69, 9.17) is 17.3 Å². The van der Waals surface area contributed by atoms with E-state index < -0.39 is 0 Å². The number of anilines is 1. The van der Waals surface area contributed by atoms with E-state index in [0.29, 0.717) is 16.9 Å². The molecule has 0 fully saturated rings. The van der Waals surface area contributed by atoms with Crippen LogP contribution in [0.25, 0.3) is 11.0 Å². The van der Waals surface area contributed by atoms with Crippen LogP contribution in [-0.2, 0) is 6.54 Å². The zero-order chi connectivity index (χ0) is 11.7. The zero-order valence-corrected chi connectivity index (χ0v) is 10.3. The van der Waals surface area contributed by atoms with Gasteiger partial charge < -0.3 is 10.3 Å². The second-order valence-electron chi connectivity index (χ2n) is 4.20. The SMILES string of the molecule is CCC(C)Cn1c(N)nc2cccc(Cl)c21. The largest absolute Gasteiger partial charge is 0.369 e. The molecule has 0 spiro atoms. The fraction of sp³-hybridized carbons (Fsp3) is 0.417. The minimum absolute atomic E-state index is 0.545. The van der Waals surface area contributed by atoms with Gasteiger partial charge in [-0.25, -0.2) is 4.98 Å². The number of imidazole rings is 1. The van der Waals surface area contributed by atoms with Gasteiger partial charge in [0, 0.05) is 6.54 Å². The number of nitrogens with two attached hydrogens (primary N) is 1. The van der Waals surface area contributed by atoms with Crippen LogP contribution >= 0.6 is 11.6 Å². The Labute approximate surface area is 100 Å². The molecule has 1 aromatic carbocycles. The number of halogens is 1. The number of para-hydroxylation sites is 1. The third-order valence-electron chi connectivity index (χ3n) is 2.94. The van der Waals surface area contributed by atoms with E-state index in [1.165, 1.54) is 0 Å². The number of nitrogens with zero attached hydrogens (tertiary/aromatic N) is 2. The molecule has 0 bridgehead atoms. The van der Waals surface area contributed by atoms with Gasteiger partial charge >= 0.3 is 0 Å². The molecule has 0 aliphatic rings. The second kappa shape index (κ2) is 4.34. The maximum atomic E-state index is 6.19. The van der Waals surface area contributed by atoms with Gasteiger partial charge in [0.1, 0.15) is 0 Å². The molecule has 0 aliphatic heterocycles. The molecule has 0 amide bonds. The molecule has 0 saturated heterocycles. The third-order valence-corrected chi connectivity index (χ3v) is 3.24. The smallest absolute Gasteiger partial charge is 0.201 e. The molecule has 2 aromatic rings. The van der Waals surface area contributed by atoms with Crippen LogP contribution < -0.4 is 5.73 Å². The molecule has 86 valence electrons. The summed E-state index contributed by atoms with van der Waals surface area (Å²) in [5.74, 6) is 1.11. The third kappa shape index (κ3) is 1.87. The molecule has 1 atom stereocenters. The van der Waals surface area contributed by atoms with Gasteiger partial charge in [0.15, 0.2) is 0 Å². The lowest BCUT2D eigenvalue weighted by Crippen LogP contribution is -2.09. The summed E-state index contributed by atoms with van der Waals surface area (Å²) in [5, 5.41) is 0.713. The Morgan fingerprint density at radius 1 is 1.50 bits per heavy atom. The lowest BCUT2D eigenvalue weighted by molar-refractivity contribution is 0.479. The van der Waals surface area contributed by atoms with Gasteiger partial charge in [0.2, 0.25) is 5.95 Å². The standard InChI is InChI=1S/C12H16ClN3/c1-3-8(2)7-16-11-9(13)5-4-6-10(11)15-12(16)14/h4-6,8H,3,7H2,1-2H3,(H2,14,15). The fourth-order valence-electron chi connectivity index (χ4n) is 1.79. The van der Waals surface area contributed by atoms with E-state index >= 15 is 0 Å². The predicted octanol–water partition coefficient (Wildman–Crippen LogP) is 3.32. The molecule has 1 heterocycles. The van der Waals surface area contributed by atoms with E-state index in [-0.39, 0.29) is 0 Å². The van der Waals surface area contributed by atoms with Gasteiger partial charge in [-0.2, -0.15) is 0 Å². The average Bonchev–Trinajstić information content (AvgIpc) is 2.56. The van der Waals surface area contributed by atoms with Gasteiger partial charge in [0.25, 0.3) is 0 Å². The van der Waals surface area contributed by atoms with Crippen molar-refractivity contribution in [1.29, 1.82) is 0 Å². The summed E-state index contributed by atoms with van der Waals surface area (Å²) in [7, 11) is 0. The summed E-state index contributed by atoms with van der Waals surface area (Å²) in [4.78, 5) is 4.32. The van der Waals surface area contributed by atoms with Crippen LogP contribution in [0.2, 0.25) is 5.02 Å². The van der Waals surface area contributed by atoms with Crippen molar-refractivity contribution in [3.8, 4) is 0 Å². The number of aromatic nitrogens is 2. The number of hydrogen-bond donors (Lipinski definition) is 1. The van der Waals surface area contributed by atoms with Gasteiger partial charge in [-0.3, -0.25) is 0 Å². The maximum Gasteiger partial charge on any atom is 0.201 e. The van der Waals surface area contributed by atoms with E-state index in [1.54, 1.807) is 0 Å². The summed E-state index contributed by atoms with van der Waals surface area (Å²) in [6.07, 6.45) is 1.11. The predicted molar refractivity (Wildman–Crippen MR) is 68.6 cm³/mol. The Morgan fingerprint density at radius 3 is 2.94 bits per heavy atom. The Kier molecular flexibility index (Phi) is 3.06. The van der Waals surface area contributed by atoms with Crippen molar-refractivity contribution in [2.45, 2.75) is 26.8 Å². The van der Waals surface area contributed by atoms with Gasteiger partial charge in [0.05, 0.1) is 16.1 Å². The van der Waals surface area contributed by atoms with E-state index in [2.05, 4.69) is 18.8 Å². The zero-order valence-electron chi connectivity index (χ0n) is 9.57. The molecule has 4 heteroatoms. The van der Waals surface area contributed by atoms with Crippen molar-refractivity contribution in [1.82, 2.24) is 9.55 Å². The topological polar surface area (TPSA) is 43.8 Å². The molecule has 1 unspecified atom stereocenters. The summed E-state index contributed by atoms with van der Waals surface area (Å²) < 4.78 is 2.01.